The molecule has 0 bridgehead atoms. The van der Waals surface area contributed by atoms with Gasteiger partial charge in [0.25, 0.3) is 0 Å². The van der Waals surface area contributed by atoms with Gasteiger partial charge in [0.1, 0.15) is 12.1 Å². The summed E-state index contributed by atoms with van der Waals surface area (Å²) in [6.45, 7) is 10.5. The van der Waals surface area contributed by atoms with Crippen molar-refractivity contribution in [3.63, 3.8) is 0 Å². The minimum absolute atomic E-state index is 0. The average molecular weight is 488 g/mol. The highest BCUT2D eigenvalue weighted by atomic mass is 127. The molecule has 3 N–H and O–H groups in total. The molecule has 0 aliphatic heterocycles. The molecule has 2 rings (SSSR count). The Morgan fingerprint density at radius 3 is 2.67 bits per heavy atom. The Bertz CT molecular complexity index is 735. The lowest BCUT2D eigenvalue weighted by atomic mass is 9.89. The molecule has 2 heterocycles. The van der Waals surface area contributed by atoms with Crippen LogP contribution in [0.5, 0.6) is 0 Å². The molecular weight excluding hydrogens is 455 g/mol. The zero-order valence-electron chi connectivity index (χ0n) is 17.2. The number of anilines is 1. The maximum absolute atomic E-state index is 4.30. The molecule has 0 aromatic carbocycles. The monoisotopic (exact) mass is 488 g/mol. The number of aromatic nitrogens is 4. The van der Waals surface area contributed by atoms with Gasteiger partial charge in [-0.2, -0.15) is 5.10 Å². The fourth-order valence-corrected chi connectivity index (χ4v) is 2.61. The van der Waals surface area contributed by atoms with Gasteiger partial charge < -0.3 is 16.0 Å². The molecule has 8 nitrogen and oxygen atoms in total. The van der Waals surface area contributed by atoms with Crippen LogP contribution in [0, 0.1) is 5.41 Å². The van der Waals surface area contributed by atoms with Gasteiger partial charge in [0.05, 0.1) is 11.6 Å². The summed E-state index contributed by atoms with van der Waals surface area (Å²) in [5.74, 6) is 1.62. The third kappa shape index (κ3) is 7.47. The number of hydrogen-bond donors (Lipinski definition) is 3. The van der Waals surface area contributed by atoms with E-state index < -0.39 is 0 Å². The van der Waals surface area contributed by atoms with Gasteiger partial charge in [0.2, 0.25) is 0 Å². The predicted molar refractivity (Wildman–Crippen MR) is 123 cm³/mol. The van der Waals surface area contributed by atoms with Gasteiger partial charge in [-0.15, -0.1) is 24.0 Å². The molecule has 27 heavy (non-hydrogen) atoms. The Morgan fingerprint density at radius 2 is 2.00 bits per heavy atom. The van der Waals surface area contributed by atoms with Crippen molar-refractivity contribution in [1.82, 2.24) is 30.4 Å². The van der Waals surface area contributed by atoms with E-state index in [4.69, 9.17) is 0 Å². The average Bonchev–Trinajstić information content (AvgIpc) is 2.97. The molecule has 0 radical (unpaired) electrons. The van der Waals surface area contributed by atoms with Crippen LogP contribution in [0.4, 0.5) is 5.82 Å². The summed E-state index contributed by atoms with van der Waals surface area (Å²) in [6.07, 6.45) is 5.62. The summed E-state index contributed by atoms with van der Waals surface area (Å²) in [5, 5.41) is 15.3. The molecule has 0 amide bonds. The van der Waals surface area contributed by atoms with Crippen molar-refractivity contribution < 1.29 is 0 Å². The quantitative estimate of drug-likeness (QED) is 0.240. The van der Waals surface area contributed by atoms with Crippen LogP contribution in [-0.2, 0) is 7.05 Å². The zero-order chi connectivity index (χ0) is 19.2. The van der Waals surface area contributed by atoms with Crippen LogP contribution in [0.25, 0.3) is 11.0 Å². The third-order valence-electron chi connectivity index (χ3n) is 4.17. The summed E-state index contributed by atoms with van der Waals surface area (Å²) in [7, 11) is 3.67. The van der Waals surface area contributed by atoms with Crippen molar-refractivity contribution in [3.8, 4) is 0 Å². The van der Waals surface area contributed by atoms with Crippen molar-refractivity contribution in [3.05, 3.63) is 12.5 Å². The number of guanidine groups is 1. The van der Waals surface area contributed by atoms with E-state index in [9.17, 15) is 0 Å². The summed E-state index contributed by atoms with van der Waals surface area (Å²) >= 11 is 0. The molecule has 9 heteroatoms. The van der Waals surface area contributed by atoms with Crippen molar-refractivity contribution in [2.24, 2.45) is 17.5 Å². The van der Waals surface area contributed by atoms with Crippen LogP contribution in [0.1, 0.15) is 40.5 Å². The zero-order valence-corrected chi connectivity index (χ0v) is 19.5. The lowest BCUT2D eigenvalue weighted by Crippen LogP contribution is -2.43. The molecule has 1 unspecified atom stereocenters. The highest BCUT2D eigenvalue weighted by Crippen LogP contribution is 2.21. The van der Waals surface area contributed by atoms with Crippen molar-refractivity contribution >= 4 is 46.8 Å². The lowest BCUT2D eigenvalue weighted by Gasteiger charge is -2.23. The first-order valence-corrected chi connectivity index (χ1v) is 9.14. The highest BCUT2D eigenvalue weighted by molar-refractivity contribution is 14.0. The molecule has 0 aliphatic carbocycles. The van der Waals surface area contributed by atoms with E-state index in [1.54, 1.807) is 24.3 Å². The molecule has 2 aromatic rings. The smallest absolute Gasteiger partial charge is 0.191 e. The van der Waals surface area contributed by atoms with E-state index in [-0.39, 0.29) is 24.0 Å². The minimum atomic E-state index is 0. The van der Waals surface area contributed by atoms with Gasteiger partial charge in [-0.3, -0.25) is 9.67 Å². The summed E-state index contributed by atoms with van der Waals surface area (Å²) < 4.78 is 1.74. The van der Waals surface area contributed by atoms with Crippen LogP contribution in [0.3, 0.4) is 0 Å². The predicted octanol–water partition coefficient (Wildman–Crippen LogP) is 2.77. The number of hydrogen-bond acceptors (Lipinski definition) is 5. The Balaban J connectivity index is 0.00000364. The Morgan fingerprint density at radius 1 is 1.26 bits per heavy atom. The Labute approximate surface area is 179 Å². The number of nitrogens with zero attached hydrogens (tertiary/aromatic N) is 5. The van der Waals surface area contributed by atoms with Gasteiger partial charge in [0, 0.05) is 33.2 Å². The van der Waals surface area contributed by atoms with Crippen LogP contribution < -0.4 is 16.0 Å². The number of halogens is 1. The number of rotatable bonds is 7. The highest BCUT2D eigenvalue weighted by Gasteiger charge is 2.13. The molecule has 0 saturated heterocycles. The molecule has 0 saturated carbocycles. The molecule has 0 aliphatic rings. The number of fused-ring (bicyclic) bond motifs is 1. The maximum Gasteiger partial charge on any atom is 0.191 e. The van der Waals surface area contributed by atoms with Gasteiger partial charge in [-0.25, -0.2) is 9.97 Å². The standard InChI is InChI=1S/C18H32N8.HI/c1-13(7-8-18(2,3)4)25-17(19-5)21-10-9-20-15-14-11-24-26(6)16(14)23-12-22-15;/h11-13H,7-10H2,1-6H3,(H2,19,21,25)(H,20,22,23);1H. The summed E-state index contributed by atoms with van der Waals surface area (Å²) in [4.78, 5) is 12.8. The van der Waals surface area contributed by atoms with Crippen molar-refractivity contribution in [1.29, 1.82) is 0 Å². The molecule has 0 spiro atoms. The lowest BCUT2D eigenvalue weighted by molar-refractivity contribution is 0.346. The summed E-state index contributed by atoms with van der Waals surface area (Å²) in [5.41, 5.74) is 1.17. The maximum atomic E-state index is 4.30. The van der Waals surface area contributed by atoms with Crippen LogP contribution in [0.2, 0.25) is 0 Å². The second kappa shape index (κ2) is 10.6. The largest absolute Gasteiger partial charge is 0.368 e. The fraction of sp³-hybridized carbons (Fsp3) is 0.667. The van der Waals surface area contributed by atoms with E-state index in [2.05, 4.69) is 63.7 Å². The minimum Gasteiger partial charge on any atom is -0.368 e. The number of nitrogens with one attached hydrogen (secondary N) is 3. The fourth-order valence-electron chi connectivity index (χ4n) is 2.61. The Hall–Kier alpha value is -1.65. The van der Waals surface area contributed by atoms with Crippen LogP contribution in [0.15, 0.2) is 17.5 Å². The number of aryl methyl sites for hydroxylation is 1. The SMILES string of the molecule is CN=C(NCCNc1ncnc2c1cnn2C)NC(C)CCC(C)(C)C.I. The molecule has 0 fully saturated rings. The topological polar surface area (TPSA) is 92.1 Å². The van der Waals surface area contributed by atoms with Crippen molar-refractivity contribution in [2.45, 2.75) is 46.6 Å². The molecule has 2 aromatic heterocycles. The van der Waals surface area contributed by atoms with Crippen molar-refractivity contribution in [2.75, 3.05) is 25.5 Å². The molecular formula is C18H33IN8. The number of aliphatic imine (C=N–C) groups is 1. The van der Waals surface area contributed by atoms with Crippen LogP contribution >= 0.6 is 24.0 Å². The first-order valence-electron chi connectivity index (χ1n) is 9.14. The normalized spacial score (nSPS) is 13.2. The van der Waals surface area contributed by atoms with Gasteiger partial charge in [-0.05, 0) is 25.2 Å². The van der Waals surface area contributed by atoms with E-state index in [1.807, 2.05) is 7.05 Å². The summed E-state index contributed by atoms with van der Waals surface area (Å²) in [6, 6.07) is 0.380. The third-order valence-corrected chi connectivity index (χ3v) is 4.17. The second-order valence-electron chi connectivity index (χ2n) is 7.80. The van der Waals surface area contributed by atoms with Gasteiger partial charge in [-0.1, -0.05) is 20.8 Å². The second-order valence-corrected chi connectivity index (χ2v) is 7.80. The first kappa shape index (κ1) is 23.4. The van der Waals surface area contributed by atoms with E-state index in [0.29, 0.717) is 11.5 Å². The van der Waals surface area contributed by atoms with Gasteiger partial charge >= 0.3 is 0 Å². The van der Waals surface area contributed by atoms with E-state index in [1.165, 1.54) is 6.42 Å². The van der Waals surface area contributed by atoms with E-state index >= 15 is 0 Å². The molecule has 1 atom stereocenters. The van der Waals surface area contributed by atoms with Crippen LogP contribution in [-0.4, -0.2) is 51.9 Å². The Kier molecular flexibility index (Phi) is 9.20. The van der Waals surface area contributed by atoms with E-state index in [0.717, 1.165) is 42.3 Å². The van der Waals surface area contributed by atoms with Gasteiger partial charge in [0.15, 0.2) is 11.6 Å². The molecule has 152 valence electrons. The first-order chi connectivity index (χ1) is 12.3.